The first-order chi connectivity index (χ1) is 12.3. The molecule has 0 radical (unpaired) electrons. The van der Waals surface area contributed by atoms with Crippen molar-refractivity contribution in [3.8, 4) is 21.9 Å². The minimum absolute atomic E-state index is 0.447. The number of aryl methyl sites for hydroxylation is 1. The Morgan fingerprint density at radius 2 is 1.58 bits per heavy atom. The number of carbonyl (C=O) groups is 1. The van der Waals surface area contributed by atoms with Crippen LogP contribution < -0.4 is 9.47 Å². The van der Waals surface area contributed by atoms with Crippen molar-refractivity contribution in [3.63, 3.8) is 0 Å². The van der Waals surface area contributed by atoms with Gasteiger partial charge in [-0.25, -0.2) is 4.79 Å². The van der Waals surface area contributed by atoms with Crippen molar-refractivity contribution in [2.75, 3.05) is 0 Å². The lowest BCUT2D eigenvalue weighted by molar-refractivity contribution is -0.149. The number of hydrogen-bond acceptors (Lipinski definition) is 6. The van der Waals surface area contributed by atoms with Gasteiger partial charge in [-0.1, -0.05) is 50.6 Å². The van der Waals surface area contributed by atoms with Crippen LogP contribution in [0, 0.1) is 10.7 Å². The molecular formula is C20H18O3S3. The molecule has 0 atom stereocenters. The number of rotatable bonds is 5. The molecule has 0 N–H and O–H groups in total. The van der Waals surface area contributed by atoms with Crippen LogP contribution in [0.1, 0.15) is 19.4 Å². The molecule has 134 valence electrons. The minimum Gasteiger partial charge on any atom is -0.476 e. The van der Waals surface area contributed by atoms with E-state index in [1.807, 2.05) is 49.4 Å². The monoisotopic (exact) mass is 402 g/mol. The minimum atomic E-state index is -1.10. The fourth-order valence-corrected chi connectivity index (χ4v) is 4.63. The van der Waals surface area contributed by atoms with Crippen molar-refractivity contribution in [2.45, 2.75) is 26.4 Å². The molecule has 0 aliphatic heterocycles. The summed E-state index contributed by atoms with van der Waals surface area (Å²) in [5, 5.41) is 0. The largest absolute Gasteiger partial charge is 0.476 e. The molecule has 3 nitrogen and oxygen atoms in total. The molecule has 1 heterocycles. The van der Waals surface area contributed by atoms with Gasteiger partial charge in [0.05, 0.1) is 0 Å². The SMILES string of the molecule is Cc1ccc(OC(C)(C)C(=O)Oc2ccc(-c3cc(=S)ss3)cc2)cc1. The van der Waals surface area contributed by atoms with E-state index in [0.717, 1.165) is 19.8 Å². The van der Waals surface area contributed by atoms with Crippen molar-refractivity contribution >= 4 is 38.9 Å². The van der Waals surface area contributed by atoms with Gasteiger partial charge in [0.1, 0.15) is 15.3 Å². The lowest BCUT2D eigenvalue weighted by atomic mass is 10.1. The summed E-state index contributed by atoms with van der Waals surface area (Å²) >= 11 is 5.16. The third-order valence-electron chi connectivity index (χ3n) is 3.70. The summed E-state index contributed by atoms with van der Waals surface area (Å²) in [5.41, 5.74) is 1.09. The van der Waals surface area contributed by atoms with E-state index >= 15 is 0 Å². The van der Waals surface area contributed by atoms with Gasteiger partial charge in [0.2, 0.25) is 5.60 Å². The van der Waals surface area contributed by atoms with Crippen LogP contribution in [0.4, 0.5) is 0 Å². The highest BCUT2D eigenvalue weighted by atomic mass is 32.9. The Morgan fingerprint density at radius 1 is 0.962 bits per heavy atom. The molecule has 0 amide bonds. The zero-order valence-corrected chi connectivity index (χ0v) is 17.1. The smallest absolute Gasteiger partial charge is 0.355 e. The fraction of sp³-hybridized carbons (Fsp3) is 0.200. The van der Waals surface area contributed by atoms with E-state index in [-0.39, 0.29) is 0 Å². The Morgan fingerprint density at radius 3 is 2.15 bits per heavy atom. The Kier molecular flexibility index (Phi) is 5.55. The second-order valence-corrected chi connectivity index (χ2v) is 9.24. The van der Waals surface area contributed by atoms with Crippen LogP contribution in [0.3, 0.4) is 0 Å². The first-order valence-corrected chi connectivity index (χ1v) is 10.6. The summed E-state index contributed by atoms with van der Waals surface area (Å²) in [5.74, 6) is 0.668. The molecular weight excluding hydrogens is 384 g/mol. The van der Waals surface area contributed by atoms with Crippen LogP contribution in [-0.4, -0.2) is 11.6 Å². The molecule has 0 unspecified atom stereocenters. The summed E-state index contributed by atoms with van der Waals surface area (Å²) in [4.78, 5) is 13.6. The standard InChI is InChI=1S/C20H18O3S3/c1-13-4-8-16(9-5-13)23-20(2,3)19(21)22-15-10-6-14(7-11-15)17-12-18(24)26-25-17/h4-12H,1-3H3. The quantitative estimate of drug-likeness (QED) is 0.218. The summed E-state index contributed by atoms with van der Waals surface area (Å²) in [6.45, 7) is 5.39. The molecule has 26 heavy (non-hydrogen) atoms. The maximum atomic E-state index is 12.5. The van der Waals surface area contributed by atoms with Gasteiger partial charge in [-0.3, -0.25) is 0 Å². The molecule has 0 saturated carbocycles. The van der Waals surface area contributed by atoms with Gasteiger partial charge in [0.25, 0.3) is 0 Å². The number of ether oxygens (including phenoxy) is 2. The molecule has 0 bridgehead atoms. The van der Waals surface area contributed by atoms with Crippen LogP contribution in [0.25, 0.3) is 10.4 Å². The zero-order chi connectivity index (χ0) is 18.7. The molecule has 1 aromatic heterocycles. The van der Waals surface area contributed by atoms with Crippen LogP contribution in [0.2, 0.25) is 0 Å². The van der Waals surface area contributed by atoms with Crippen LogP contribution in [0.5, 0.6) is 11.5 Å². The van der Waals surface area contributed by atoms with E-state index in [4.69, 9.17) is 21.7 Å². The molecule has 3 aromatic rings. The average molecular weight is 403 g/mol. The summed E-state index contributed by atoms with van der Waals surface area (Å²) in [6, 6.07) is 16.9. The van der Waals surface area contributed by atoms with Crippen LogP contribution in [-0.2, 0) is 4.79 Å². The van der Waals surface area contributed by atoms with E-state index in [1.54, 1.807) is 46.7 Å². The van der Waals surface area contributed by atoms with Crippen molar-refractivity contribution in [1.82, 2.24) is 0 Å². The zero-order valence-electron chi connectivity index (χ0n) is 14.6. The molecule has 6 heteroatoms. The van der Waals surface area contributed by atoms with E-state index in [0.29, 0.717) is 11.5 Å². The third kappa shape index (κ3) is 4.58. The molecule has 0 aliphatic rings. The van der Waals surface area contributed by atoms with Crippen molar-refractivity contribution in [3.05, 3.63) is 64.0 Å². The van der Waals surface area contributed by atoms with Gasteiger partial charge < -0.3 is 9.47 Å². The third-order valence-corrected chi connectivity index (χ3v) is 6.61. The van der Waals surface area contributed by atoms with Crippen molar-refractivity contribution < 1.29 is 14.3 Å². The van der Waals surface area contributed by atoms with Gasteiger partial charge in [-0.2, -0.15) is 0 Å². The second-order valence-electron chi connectivity index (χ2n) is 6.33. The Balaban J connectivity index is 1.68. The lowest BCUT2D eigenvalue weighted by Gasteiger charge is -2.24. The number of benzene rings is 2. The topological polar surface area (TPSA) is 35.5 Å². The summed E-state index contributed by atoms with van der Waals surface area (Å²) in [7, 11) is 3.21. The highest BCUT2D eigenvalue weighted by Gasteiger charge is 2.32. The van der Waals surface area contributed by atoms with Gasteiger partial charge in [-0.15, -0.1) is 0 Å². The first kappa shape index (κ1) is 18.8. The predicted molar refractivity (Wildman–Crippen MR) is 110 cm³/mol. The van der Waals surface area contributed by atoms with Crippen LogP contribution >= 0.6 is 32.9 Å². The van der Waals surface area contributed by atoms with E-state index in [9.17, 15) is 4.79 Å². The Bertz CT molecular complexity index is 951. The molecule has 0 saturated heterocycles. The van der Waals surface area contributed by atoms with Gasteiger partial charge in [-0.05, 0) is 68.8 Å². The summed E-state index contributed by atoms with van der Waals surface area (Å²) in [6.07, 6.45) is 0. The Labute approximate surface area is 165 Å². The predicted octanol–water partition coefficient (Wildman–Crippen LogP) is 6.28. The molecule has 0 aliphatic carbocycles. The number of carbonyl (C=O) groups excluding carboxylic acids is 1. The van der Waals surface area contributed by atoms with Gasteiger partial charge in [0, 0.05) is 4.88 Å². The first-order valence-electron chi connectivity index (χ1n) is 8.02. The molecule has 0 spiro atoms. The fourth-order valence-electron chi connectivity index (χ4n) is 2.23. The van der Waals surface area contributed by atoms with Crippen molar-refractivity contribution in [2.24, 2.45) is 0 Å². The molecule has 3 rings (SSSR count). The second kappa shape index (κ2) is 7.70. The molecule has 2 aromatic carbocycles. The molecule has 0 fully saturated rings. The normalized spacial score (nSPS) is 11.2. The highest BCUT2D eigenvalue weighted by molar-refractivity contribution is 7.80. The number of esters is 1. The van der Waals surface area contributed by atoms with Crippen LogP contribution in [0.15, 0.2) is 54.6 Å². The number of hydrogen-bond donors (Lipinski definition) is 0. The maximum absolute atomic E-state index is 12.5. The van der Waals surface area contributed by atoms with Gasteiger partial charge in [0.15, 0.2) is 0 Å². The summed E-state index contributed by atoms with van der Waals surface area (Å²) < 4.78 is 12.2. The van der Waals surface area contributed by atoms with Crippen molar-refractivity contribution in [1.29, 1.82) is 0 Å². The van der Waals surface area contributed by atoms with E-state index < -0.39 is 11.6 Å². The average Bonchev–Trinajstić information content (AvgIpc) is 3.04. The maximum Gasteiger partial charge on any atom is 0.355 e. The van der Waals surface area contributed by atoms with E-state index in [1.165, 1.54) is 0 Å². The lowest BCUT2D eigenvalue weighted by Crippen LogP contribution is -2.41. The Hall–Kier alpha value is -2.02. The van der Waals surface area contributed by atoms with Gasteiger partial charge >= 0.3 is 5.97 Å². The van der Waals surface area contributed by atoms with E-state index in [2.05, 4.69) is 0 Å². The highest BCUT2D eigenvalue weighted by Crippen LogP contribution is 2.30.